The molecule has 0 aromatic heterocycles. The third kappa shape index (κ3) is 8.22. The Hall–Kier alpha value is -3.07. The lowest BCUT2D eigenvalue weighted by Crippen LogP contribution is -2.56. The molecule has 0 saturated carbocycles. The van der Waals surface area contributed by atoms with E-state index >= 15 is 0 Å². The van der Waals surface area contributed by atoms with Crippen LogP contribution in [0.5, 0.6) is 0 Å². The summed E-state index contributed by atoms with van der Waals surface area (Å²) in [5.41, 5.74) is 0.537. The highest BCUT2D eigenvalue weighted by Crippen LogP contribution is 2.33. The number of benzene rings is 3. The average molecular weight is 605 g/mol. The van der Waals surface area contributed by atoms with Gasteiger partial charge in [-0.05, 0) is 69.5 Å². The van der Waals surface area contributed by atoms with Crippen LogP contribution in [0.15, 0.2) is 83.8 Å². The van der Waals surface area contributed by atoms with E-state index in [1.54, 1.807) is 24.3 Å². The standard InChI is InChI=1S/C30H35Cl2N3O4S/c1-5-26(29(37)33-30(2,3)4)34(19-18-22-12-8-6-9-13-22)28(36)21-35(27-20-23(31)16-17-25(27)32)40(38,39)24-14-10-7-11-15-24/h6-17,20,26H,5,18-19,21H2,1-4H3,(H,33,37)/t26-/m0/s1. The molecule has 0 unspecified atom stereocenters. The molecule has 214 valence electrons. The second-order valence-electron chi connectivity index (χ2n) is 10.4. The lowest BCUT2D eigenvalue weighted by Gasteiger charge is -2.35. The molecule has 0 bridgehead atoms. The molecule has 0 fully saturated rings. The molecule has 3 aromatic carbocycles. The number of amides is 2. The van der Waals surface area contributed by atoms with Crippen LogP contribution in [0, 0.1) is 0 Å². The molecule has 10 heteroatoms. The average Bonchev–Trinajstić information content (AvgIpc) is 2.91. The van der Waals surface area contributed by atoms with Crippen molar-refractivity contribution in [1.82, 2.24) is 10.2 Å². The number of sulfonamides is 1. The number of nitrogens with one attached hydrogen (secondary N) is 1. The molecule has 1 atom stereocenters. The van der Waals surface area contributed by atoms with E-state index in [2.05, 4.69) is 5.32 Å². The predicted octanol–water partition coefficient (Wildman–Crippen LogP) is 5.95. The predicted molar refractivity (Wildman–Crippen MR) is 161 cm³/mol. The highest BCUT2D eigenvalue weighted by molar-refractivity contribution is 7.92. The third-order valence-electron chi connectivity index (χ3n) is 6.16. The van der Waals surface area contributed by atoms with Crippen molar-refractivity contribution in [2.24, 2.45) is 0 Å². The largest absolute Gasteiger partial charge is 0.350 e. The molecule has 1 N–H and O–H groups in total. The monoisotopic (exact) mass is 603 g/mol. The van der Waals surface area contributed by atoms with Crippen LogP contribution in [-0.4, -0.2) is 49.8 Å². The van der Waals surface area contributed by atoms with E-state index in [0.29, 0.717) is 12.8 Å². The van der Waals surface area contributed by atoms with Gasteiger partial charge >= 0.3 is 0 Å². The Morgan fingerprint density at radius 3 is 2.10 bits per heavy atom. The van der Waals surface area contributed by atoms with Crippen molar-refractivity contribution in [2.45, 2.75) is 57.0 Å². The highest BCUT2D eigenvalue weighted by atomic mass is 35.5. The zero-order chi connectivity index (χ0) is 29.5. The van der Waals surface area contributed by atoms with Gasteiger partial charge in [0.2, 0.25) is 11.8 Å². The van der Waals surface area contributed by atoms with Gasteiger partial charge in [0.25, 0.3) is 10.0 Å². The van der Waals surface area contributed by atoms with E-state index < -0.39 is 34.1 Å². The Kier molecular flexibility index (Phi) is 10.6. The summed E-state index contributed by atoms with van der Waals surface area (Å²) in [6.45, 7) is 7.05. The van der Waals surface area contributed by atoms with E-state index in [1.807, 2.05) is 58.0 Å². The number of hydrogen-bond donors (Lipinski definition) is 1. The summed E-state index contributed by atoms with van der Waals surface area (Å²) in [4.78, 5) is 28.9. The van der Waals surface area contributed by atoms with Gasteiger partial charge in [0.1, 0.15) is 12.6 Å². The van der Waals surface area contributed by atoms with Crippen LogP contribution in [-0.2, 0) is 26.0 Å². The first kappa shape index (κ1) is 31.5. The van der Waals surface area contributed by atoms with Crippen LogP contribution in [0.2, 0.25) is 10.0 Å². The van der Waals surface area contributed by atoms with Crippen LogP contribution < -0.4 is 9.62 Å². The fourth-order valence-electron chi connectivity index (χ4n) is 4.26. The number of nitrogens with zero attached hydrogens (tertiary/aromatic N) is 2. The minimum Gasteiger partial charge on any atom is -0.350 e. The first-order valence-electron chi connectivity index (χ1n) is 13.0. The molecule has 0 radical (unpaired) electrons. The first-order chi connectivity index (χ1) is 18.8. The fraction of sp³-hybridized carbons (Fsp3) is 0.333. The summed E-state index contributed by atoms with van der Waals surface area (Å²) >= 11 is 12.7. The molecule has 0 spiro atoms. The molecular weight excluding hydrogens is 569 g/mol. The molecular formula is C30H35Cl2N3O4S. The molecule has 0 saturated heterocycles. The number of carbonyl (C=O) groups is 2. The molecule has 0 aliphatic heterocycles. The lowest BCUT2D eigenvalue weighted by molar-refractivity contribution is -0.140. The summed E-state index contributed by atoms with van der Waals surface area (Å²) in [6, 6.07) is 21.0. The van der Waals surface area contributed by atoms with E-state index in [-0.39, 0.29) is 33.1 Å². The molecule has 40 heavy (non-hydrogen) atoms. The fourth-order valence-corrected chi connectivity index (χ4v) is 6.14. The Balaban J connectivity index is 2.05. The highest BCUT2D eigenvalue weighted by Gasteiger charge is 2.35. The van der Waals surface area contributed by atoms with Crippen molar-refractivity contribution in [1.29, 1.82) is 0 Å². The topological polar surface area (TPSA) is 86.8 Å². The van der Waals surface area contributed by atoms with E-state index in [1.165, 1.54) is 29.2 Å². The van der Waals surface area contributed by atoms with Crippen LogP contribution >= 0.6 is 23.2 Å². The summed E-state index contributed by atoms with van der Waals surface area (Å²) in [6.07, 6.45) is 0.820. The number of halogens is 2. The van der Waals surface area contributed by atoms with Crippen LogP contribution in [0.4, 0.5) is 5.69 Å². The Morgan fingerprint density at radius 1 is 0.925 bits per heavy atom. The molecule has 7 nitrogen and oxygen atoms in total. The molecule has 3 aromatic rings. The number of rotatable bonds is 11. The van der Waals surface area contributed by atoms with Gasteiger partial charge in [-0.15, -0.1) is 0 Å². The summed E-state index contributed by atoms with van der Waals surface area (Å²) in [5, 5.41) is 3.34. The third-order valence-corrected chi connectivity index (χ3v) is 8.48. The molecule has 0 heterocycles. The second kappa shape index (κ2) is 13.5. The van der Waals surface area contributed by atoms with Crippen molar-refractivity contribution < 1.29 is 18.0 Å². The van der Waals surface area contributed by atoms with Crippen LogP contribution in [0.3, 0.4) is 0 Å². The van der Waals surface area contributed by atoms with E-state index in [4.69, 9.17) is 23.2 Å². The minimum atomic E-state index is -4.23. The van der Waals surface area contributed by atoms with Crippen molar-refractivity contribution >= 4 is 50.7 Å². The SMILES string of the molecule is CC[C@@H](C(=O)NC(C)(C)C)N(CCc1ccccc1)C(=O)CN(c1cc(Cl)ccc1Cl)S(=O)(=O)c1ccccc1. The lowest BCUT2D eigenvalue weighted by atomic mass is 10.1. The van der Waals surface area contributed by atoms with Gasteiger partial charge in [-0.25, -0.2) is 8.42 Å². The van der Waals surface area contributed by atoms with E-state index in [9.17, 15) is 18.0 Å². The molecule has 0 aliphatic carbocycles. The van der Waals surface area contributed by atoms with Gasteiger partial charge in [-0.1, -0.05) is 78.7 Å². The maximum atomic E-state index is 14.1. The normalized spacial score (nSPS) is 12.4. The summed E-state index contributed by atoms with van der Waals surface area (Å²) in [5.74, 6) is -0.850. The van der Waals surface area contributed by atoms with Gasteiger partial charge in [-0.2, -0.15) is 0 Å². The van der Waals surface area contributed by atoms with Crippen molar-refractivity contribution in [2.75, 3.05) is 17.4 Å². The van der Waals surface area contributed by atoms with Gasteiger partial charge in [0, 0.05) is 17.1 Å². The van der Waals surface area contributed by atoms with Gasteiger partial charge in [0.05, 0.1) is 15.6 Å². The minimum absolute atomic E-state index is 0.00723. The Morgan fingerprint density at radius 2 is 1.52 bits per heavy atom. The zero-order valence-corrected chi connectivity index (χ0v) is 25.4. The molecule has 3 rings (SSSR count). The van der Waals surface area contributed by atoms with Gasteiger partial charge in [0.15, 0.2) is 0 Å². The van der Waals surface area contributed by atoms with E-state index in [0.717, 1.165) is 9.87 Å². The van der Waals surface area contributed by atoms with Gasteiger partial charge < -0.3 is 10.2 Å². The van der Waals surface area contributed by atoms with Crippen LogP contribution in [0.25, 0.3) is 0 Å². The number of hydrogen-bond acceptors (Lipinski definition) is 4. The van der Waals surface area contributed by atoms with Crippen molar-refractivity contribution in [3.05, 3.63) is 94.5 Å². The van der Waals surface area contributed by atoms with Gasteiger partial charge in [-0.3, -0.25) is 13.9 Å². The number of anilines is 1. The summed E-state index contributed by atoms with van der Waals surface area (Å²) in [7, 11) is -4.23. The number of carbonyl (C=O) groups excluding carboxylic acids is 2. The molecule has 0 aliphatic rings. The zero-order valence-electron chi connectivity index (χ0n) is 23.1. The quantitative estimate of drug-likeness (QED) is 0.293. The smallest absolute Gasteiger partial charge is 0.264 e. The Labute approximate surface area is 247 Å². The van der Waals surface area contributed by atoms with Crippen LogP contribution in [0.1, 0.15) is 39.7 Å². The maximum absolute atomic E-state index is 14.1. The second-order valence-corrected chi connectivity index (χ2v) is 13.1. The first-order valence-corrected chi connectivity index (χ1v) is 15.2. The maximum Gasteiger partial charge on any atom is 0.264 e. The summed E-state index contributed by atoms with van der Waals surface area (Å²) < 4.78 is 28.7. The van der Waals surface area contributed by atoms with Crippen molar-refractivity contribution in [3.63, 3.8) is 0 Å². The van der Waals surface area contributed by atoms with Crippen molar-refractivity contribution in [3.8, 4) is 0 Å². The molecule has 2 amide bonds. The Bertz CT molecular complexity index is 1410.